The Bertz CT molecular complexity index is 756. The van der Waals surface area contributed by atoms with Gasteiger partial charge in [0.1, 0.15) is 12.2 Å². The number of halogens is 1. The molecule has 2 aliphatic heterocycles. The Morgan fingerprint density at radius 2 is 1.89 bits per heavy atom. The molecule has 0 N–H and O–H groups in total. The molecule has 2 aliphatic rings. The molecule has 2 saturated heterocycles. The highest BCUT2D eigenvalue weighted by molar-refractivity contribution is 8.10. The summed E-state index contributed by atoms with van der Waals surface area (Å²) >= 11 is 0. The highest BCUT2D eigenvalue weighted by Crippen LogP contribution is 2.37. The van der Waals surface area contributed by atoms with Crippen LogP contribution in [0.4, 0.5) is 0 Å². The van der Waals surface area contributed by atoms with E-state index in [1.54, 1.807) is 0 Å². The van der Waals surface area contributed by atoms with Crippen LogP contribution in [-0.2, 0) is 42.0 Å². The van der Waals surface area contributed by atoms with Crippen LogP contribution in [0.15, 0.2) is 30.3 Å². The van der Waals surface area contributed by atoms with E-state index in [2.05, 4.69) is 0 Å². The van der Waals surface area contributed by atoms with Gasteiger partial charge in [-0.2, -0.15) is 8.42 Å². The number of ether oxygens (including phenoxy) is 5. The third-order valence-corrected chi connectivity index (χ3v) is 4.79. The van der Waals surface area contributed by atoms with Gasteiger partial charge in [-0.25, -0.2) is 4.18 Å². The molecule has 6 atom stereocenters. The zero-order valence-corrected chi connectivity index (χ0v) is 16.1. The van der Waals surface area contributed by atoms with E-state index in [0.29, 0.717) is 0 Å². The number of hydrogen-bond acceptors (Lipinski definition) is 9. The van der Waals surface area contributed by atoms with Crippen molar-refractivity contribution in [2.45, 2.75) is 43.9 Å². The molecule has 0 radical (unpaired) electrons. The Morgan fingerprint density at radius 3 is 2.48 bits per heavy atom. The van der Waals surface area contributed by atoms with E-state index >= 15 is 0 Å². The molecule has 2 heterocycles. The van der Waals surface area contributed by atoms with Gasteiger partial charge in [0.15, 0.2) is 24.8 Å². The summed E-state index contributed by atoms with van der Waals surface area (Å²) in [5.41, 5.74) is 0.744. The van der Waals surface area contributed by atoms with Crippen molar-refractivity contribution in [2.75, 3.05) is 13.7 Å². The lowest BCUT2D eigenvalue weighted by molar-refractivity contribution is -0.355. The van der Waals surface area contributed by atoms with Crippen LogP contribution in [-0.4, -0.2) is 58.8 Å². The van der Waals surface area contributed by atoms with Crippen LogP contribution >= 0.6 is 10.7 Å². The maximum atomic E-state index is 11.6. The molecule has 0 saturated carbocycles. The maximum absolute atomic E-state index is 11.6. The zero-order chi connectivity index (χ0) is 19.6. The first-order chi connectivity index (χ1) is 12.8. The van der Waals surface area contributed by atoms with Crippen LogP contribution in [0.25, 0.3) is 0 Å². The average Bonchev–Trinajstić information content (AvgIpc) is 2.62. The van der Waals surface area contributed by atoms with Gasteiger partial charge in [-0.05, 0) is 0 Å². The Balaban J connectivity index is 1.89. The largest absolute Gasteiger partial charge is 0.457 e. The molecule has 1 unspecified atom stereocenters. The van der Waals surface area contributed by atoms with Gasteiger partial charge in [0, 0.05) is 30.3 Å². The summed E-state index contributed by atoms with van der Waals surface area (Å²) in [5.74, 6) is -0.651. The molecule has 0 aromatic heterocycles. The van der Waals surface area contributed by atoms with Crippen LogP contribution in [0.1, 0.15) is 18.8 Å². The monoisotopic (exact) mass is 422 g/mol. The minimum atomic E-state index is -4.40. The molecule has 3 rings (SSSR count). The number of carbonyl (C=O) groups is 1. The van der Waals surface area contributed by atoms with Crippen molar-refractivity contribution in [1.29, 1.82) is 0 Å². The SMILES string of the molecule is CO[C@H]1O[C@@H]2COC(c3ccccc3)O[C@H]2[C@H](OC(C)=O)[C@H]1OS(=O)(=O)Cl. The molecule has 27 heavy (non-hydrogen) atoms. The summed E-state index contributed by atoms with van der Waals surface area (Å²) in [7, 11) is 2.11. The standard InChI is InChI=1S/C16H19ClO9S/c1-9(18)23-13-12-11(24-16(21-2)14(13)26-27(17,19)20)8-22-15(25-12)10-6-4-3-5-7-10/h3-7,11-16H,8H2,1-2H3/t11-,12-,13+,14-,15?,16+/m1/s1. The Kier molecular flexibility index (Phi) is 6.36. The van der Waals surface area contributed by atoms with Gasteiger partial charge in [-0.3, -0.25) is 4.79 Å². The molecule has 0 spiro atoms. The van der Waals surface area contributed by atoms with E-state index in [0.717, 1.165) is 5.56 Å². The number of esters is 1. The second-order valence-corrected chi connectivity index (χ2v) is 8.10. The van der Waals surface area contributed by atoms with Gasteiger partial charge in [0.05, 0.1) is 6.61 Å². The van der Waals surface area contributed by atoms with Crippen molar-refractivity contribution >= 4 is 26.0 Å². The Morgan fingerprint density at radius 1 is 1.19 bits per heavy atom. The topological polar surface area (TPSA) is 107 Å². The predicted octanol–water partition coefficient (Wildman–Crippen LogP) is 1.27. The summed E-state index contributed by atoms with van der Waals surface area (Å²) < 4.78 is 55.6. The van der Waals surface area contributed by atoms with Gasteiger partial charge in [-0.15, -0.1) is 0 Å². The van der Waals surface area contributed by atoms with Gasteiger partial charge in [0.25, 0.3) is 0 Å². The van der Waals surface area contributed by atoms with Crippen LogP contribution in [0, 0.1) is 0 Å². The molecule has 0 bridgehead atoms. The third kappa shape index (κ3) is 4.96. The number of fused-ring (bicyclic) bond motifs is 1. The number of hydrogen-bond donors (Lipinski definition) is 0. The molecule has 0 aliphatic carbocycles. The summed E-state index contributed by atoms with van der Waals surface area (Å²) in [6, 6.07) is 9.11. The molecule has 0 amide bonds. The quantitative estimate of drug-likeness (QED) is 0.512. The van der Waals surface area contributed by atoms with Crippen molar-refractivity contribution in [3.05, 3.63) is 35.9 Å². The van der Waals surface area contributed by atoms with E-state index in [1.807, 2.05) is 30.3 Å². The normalized spacial score (nSPS) is 33.9. The highest BCUT2D eigenvalue weighted by Gasteiger charge is 2.54. The van der Waals surface area contributed by atoms with Crippen molar-refractivity contribution in [3.63, 3.8) is 0 Å². The number of benzene rings is 1. The zero-order valence-electron chi connectivity index (χ0n) is 14.5. The lowest BCUT2D eigenvalue weighted by atomic mass is 9.97. The number of carbonyl (C=O) groups excluding carboxylic acids is 1. The first-order valence-corrected chi connectivity index (χ1v) is 10.3. The highest BCUT2D eigenvalue weighted by atomic mass is 35.7. The predicted molar refractivity (Wildman–Crippen MR) is 90.9 cm³/mol. The van der Waals surface area contributed by atoms with Gasteiger partial charge >= 0.3 is 15.3 Å². The van der Waals surface area contributed by atoms with E-state index in [4.69, 9.17) is 38.5 Å². The molecular formula is C16H19ClO9S. The van der Waals surface area contributed by atoms with Crippen molar-refractivity contribution in [3.8, 4) is 0 Å². The lowest BCUT2D eigenvalue weighted by Gasteiger charge is -2.47. The van der Waals surface area contributed by atoms with Crippen LogP contribution in [0.5, 0.6) is 0 Å². The van der Waals surface area contributed by atoms with Crippen molar-refractivity contribution < 1.29 is 41.1 Å². The van der Waals surface area contributed by atoms with Gasteiger partial charge in [-0.1, -0.05) is 30.3 Å². The van der Waals surface area contributed by atoms with E-state index in [1.165, 1.54) is 14.0 Å². The fourth-order valence-electron chi connectivity index (χ4n) is 3.08. The summed E-state index contributed by atoms with van der Waals surface area (Å²) in [6.07, 6.45) is -5.93. The van der Waals surface area contributed by atoms with Gasteiger partial charge in [0.2, 0.25) is 0 Å². The molecule has 150 valence electrons. The van der Waals surface area contributed by atoms with E-state index in [9.17, 15) is 13.2 Å². The van der Waals surface area contributed by atoms with Gasteiger partial charge < -0.3 is 23.7 Å². The number of methoxy groups -OCH3 is 1. The fraction of sp³-hybridized carbons (Fsp3) is 0.562. The molecule has 1 aromatic rings. The molecule has 9 nitrogen and oxygen atoms in total. The second kappa shape index (κ2) is 8.39. The van der Waals surface area contributed by atoms with E-state index < -0.39 is 52.3 Å². The van der Waals surface area contributed by atoms with Crippen LogP contribution in [0.2, 0.25) is 0 Å². The van der Waals surface area contributed by atoms with E-state index in [-0.39, 0.29) is 6.61 Å². The molecule has 1 aromatic carbocycles. The summed E-state index contributed by atoms with van der Waals surface area (Å²) in [5, 5.41) is 0. The van der Waals surface area contributed by atoms with Crippen LogP contribution < -0.4 is 0 Å². The average molecular weight is 423 g/mol. The first-order valence-electron chi connectivity index (χ1n) is 8.09. The first kappa shape index (κ1) is 20.5. The molecule has 2 fully saturated rings. The minimum Gasteiger partial charge on any atom is -0.457 e. The lowest BCUT2D eigenvalue weighted by Crippen LogP contribution is -2.64. The second-order valence-electron chi connectivity index (χ2n) is 5.98. The fourth-order valence-corrected chi connectivity index (χ4v) is 3.79. The minimum absolute atomic E-state index is 0.113. The smallest absolute Gasteiger partial charge is 0.356 e. The number of rotatable bonds is 5. The molecular weight excluding hydrogens is 404 g/mol. The Labute approximate surface area is 161 Å². The molecule has 11 heteroatoms. The van der Waals surface area contributed by atoms with Crippen molar-refractivity contribution in [2.24, 2.45) is 0 Å². The summed E-state index contributed by atoms with van der Waals surface area (Å²) in [6.45, 7) is 1.30. The Hall–Kier alpha value is -1.27. The third-order valence-electron chi connectivity index (χ3n) is 4.12. The van der Waals surface area contributed by atoms with Crippen LogP contribution in [0.3, 0.4) is 0 Å². The maximum Gasteiger partial charge on any atom is 0.356 e. The summed E-state index contributed by atoms with van der Waals surface area (Å²) in [4.78, 5) is 11.6. The van der Waals surface area contributed by atoms with Crippen molar-refractivity contribution in [1.82, 2.24) is 0 Å².